The van der Waals surface area contributed by atoms with Crippen molar-refractivity contribution in [1.29, 1.82) is 0 Å². The zero-order valence-electron chi connectivity index (χ0n) is 12.4. The summed E-state index contributed by atoms with van der Waals surface area (Å²) in [4.78, 5) is 7.28. The van der Waals surface area contributed by atoms with E-state index in [1.54, 1.807) is 6.33 Å². The molecule has 0 radical (unpaired) electrons. The minimum Gasteiger partial charge on any atom is -0.345 e. The average molecular weight is 286 g/mol. The van der Waals surface area contributed by atoms with Crippen molar-refractivity contribution in [3.63, 3.8) is 0 Å². The topological polar surface area (TPSA) is 28.7 Å². The maximum absolute atomic E-state index is 4.11. The molecule has 1 atom stereocenters. The van der Waals surface area contributed by atoms with Crippen LogP contribution >= 0.6 is 0 Å². The van der Waals surface area contributed by atoms with Crippen molar-refractivity contribution in [2.45, 2.75) is 18.8 Å². The molecule has 0 bridgehead atoms. The van der Waals surface area contributed by atoms with Crippen LogP contribution in [0.15, 0.2) is 67.1 Å². The van der Waals surface area contributed by atoms with Gasteiger partial charge in [-0.05, 0) is 47.1 Å². The van der Waals surface area contributed by atoms with Gasteiger partial charge in [-0.1, -0.05) is 54.6 Å². The van der Waals surface area contributed by atoms with Crippen molar-refractivity contribution in [2.75, 3.05) is 0 Å². The number of aromatic nitrogens is 2. The highest BCUT2D eigenvalue weighted by Gasteiger charge is 2.26. The molecule has 1 heterocycles. The molecule has 2 nitrogen and oxygen atoms in total. The Morgan fingerprint density at radius 2 is 1.86 bits per heavy atom. The first-order valence-electron chi connectivity index (χ1n) is 7.72. The minimum absolute atomic E-state index is 0.563. The summed E-state index contributed by atoms with van der Waals surface area (Å²) in [5, 5.41) is 0. The Bertz CT molecular complexity index is 786. The zero-order chi connectivity index (χ0) is 14.8. The Kier molecular flexibility index (Phi) is 3.36. The van der Waals surface area contributed by atoms with Crippen molar-refractivity contribution in [2.24, 2.45) is 0 Å². The van der Waals surface area contributed by atoms with E-state index < -0.39 is 0 Å². The van der Waals surface area contributed by atoms with E-state index in [1.165, 1.54) is 22.3 Å². The first kappa shape index (κ1) is 13.1. The Labute approximate surface area is 130 Å². The molecule has 1 aliphatic carbocycles. The van der Waals surface area contributed by atoms with Crippen LogP contribution in [0.5, 0.6) is 0 Å². The summed E-state index contributed by atoms with van der Waals surface area (Å²) >= 11 is 0. The fraction of sp³-hybridized carbons (Fsp3) is 0.150. The Morgan fingerprint density at radius 1 is 1.05 bits per heavy atom. The molecule has 0 spiro atoms. The Hall–Kier alpha value is -2.61. The molecule has 2 aromatic carbocycles. The summed E-state index contributed by atoms with van der Waals surface area (Å²) in [5.74, 6) is 0.563. The second-order valence-electron chi connectivity index (χ2n) is 5.85. The van der Waals surface area contributed by atoms with Gasteiger partial charge in [0.1, 0.15) is 0 Å². The quantitative estimate of drug-likeness (QED) is 0.744. The van der Waals surface area contributed by atoms with E-state index in [9.17, 15) is 0 Å². The lowest BCUT2D eigenvalue weighted by atomic mass is 9.94. The van der Waals surface area contributed by atoms with Gasteiger partial charge >= 0.3 is 0 Å². The Balaban J connectivity index is 1.68. The third-order valence-electron chi connectivity index (χ3n) is 4.39. The number of benzene rings is 2. The van der Waals surface area contributed by atoms with Gasteiger partial charge in [0.2, 0.25) is 0 Å². The smallest absolute Gasteiger partial charge is 0.0924 e. The summed E-state index contributed by atoms with van der Waals surface area (Å²) in [6, 6.07) is 19.6. The number of H-pyrrole nitrogens is 1. The lowest BCUT2D eigenvalue weighted by Crippen LogP contribution is -1.98. The summed E-state index contributed by atoms with van der Waals surface area (Å²) in [6.07, 6.45) is 8.02. The lowest BCUT2D eigenvalue weighted by Gasteiger charge is -2.10. The van der Waals surface area contributed by atoms with Crippen molar-refractivity contribution >= 4 is 11.6 Å². The summed E-state index contributed by atoms with van der Waals surface area (Å²) in [6.45, 7) is 0. The van der Waals surface area contributed by atoms with Gasteiger partial charge in [-0.2, -0.15) is 0 Å². The molecule has 1 aromatic heterocycles. The largest absolute Gasteiger partial charge is 0.345 e. The lowest BCUT2D eigenvalue weighted by molar-refractivity contribution is 0.730. The molecule has 2 heteroatoms. The molecular formula is C20H18N2. The number of nitrogens with zero attached hydrogens (tertiary/aromatic N) is 1. The number of aromatic amines is 1. The highest BCUT2D eigenvalue weighted by molar-refractivity contribution is 5.85. The van der Waals surface area contributed by atoms with E-state index >= 15 is 0 Å². The minimum atomic E-state index is 0.563. The molecule has 1 aliphatic rings. The van der Waals surface area contributed by atoms with E-state index in [0.29, 0.717) is 5.92 Å². The van der Waals surface area contributed by atoms with Crippen LogP contribution in [-0.2, 0) is 6.42 Å². The first-order chi connectivity index (χ1) is 10.9. The van der Waals surface area contributed by atoms with Gasteiger partial charge in [0.05, 0.1) is 18.2 Å². The molecule has 0 fully saturated rings. The number of fused-ring (bicyclic) bond motifs is 1. The fourth-order valence-electron chi connectivity index (χ4n) is 3.38. The van der Waals surface area contributed by atoms with Gasteiger partial charge in [-0.15, -0.1) is 0 Å². The molecule has 0 saturated heterocycles. The summed E-state index contributed by atoms with van der Waals surface area (Å²) in [7, 11) is 0. The number of imidazole rings is 1. The van der Waals surface area contributed by atoms with E-state index in [0.717, 1.165) is 18.5 Å². The maximum Gasteiger partial charge on any atom is 0.0924 e. The van der Waals surface area contributed by atoms with Gasteiger partial charge in [-0.3, -0.25) is 0 Å². The van der Waals surface area contributed by atoms with Crippen LogP contribution in [-0.4, -0.2) is 9.97 Å². The van der Waals surface area contributed by atoms with E-state index in [1.807, 2.05) is 6.20 Å². The predicted molar refractivity (Wildman–Crippen MR) is 90.4 cm³/mol. The molecule has 3 aromatic rings. The molecule has 0 saturated carbocycles. The van der Waals surface area contributed by atoms with Crippen molar-refractivity contribution < 1.29 is 0 Å². The number of hydrogen-bond donors (Lipinski definition) is 1. The van der Waals surface area contributed by atoms with Crippen LogP contribution in [0.3, 0.4) is 0 Å². The number of rotatable bonds is 3. The van der Waals surface area contributed by atoms with Crippen LogP contribution in [0.25, 0.3) is 11.6 Å². The fourth-order valence-corrected chi connectivity index (χ4v) is 3.38. The third kappa shape index (κ3) is 2.48. The van der Waals surface area contributed by atoms with Gasteiger partial charge in [0.25, 0.3) is 0 Å². The molecular weight excluding hydrogens is 268 g/mol. The molecule has 4 rings (SSSR count). The predicted octanol–water partition coefficient (Wildman–Crippen LogP) is 4.68. The summed E-state index contributed by atoms with van der Waals surface area (Å²) < 4.78 is 0. The van der Waals surface area contributed by atoms with E-state index in [4.69, 9.17) is 0 Å². The number of hydrogen-bond acceptors (Lipinski definition) is 1. The number of allylic oxidation sites excluding steroid dienone is 1. The molecule has 0 amide bonds. The van der Waals surface area contributed by atoms with E-state index in [2.05, 4.69) is 70.6 Å². The van der Waals surface area contributed by atoms with Gasteiger partial charge in [-0.25, -0.2) is 4.98 Å². The molecule has 1 N–H and O–H groups in total. The highest BCUT2D eigenvalue weighted by atomic mass is 14.8. The SMILES string of the molecule is C(=C1/CC(Cc2ccccc2)c2ccccc21)/c1cnc[nH]1. The Morgan fingerprint density at radius 3 is 2.68 bits per heavy atom. The van der Waals surface area contributed by atoms with Crippen molar-refractivity contribution in [3.05, 3.63) is 89.5 Å². The molecule has 108 valence electrons. The monoisotopic (exact) mass is 286 g/mol. The van der Waals surface area contributed by atoms with Crippen LogP contribution in [0, 0.1) is 0 Å². The second-order valence-corrected chi connectivity index (χ2v) is 5.85. The normalized spacial score (nSPS) is 18.5. The standard InChI is InChI=1S/C20H18N2/c1-2-6-15(7-3-1)10-16-11-17(12-18-13-21-14-22-18)20-9-5-4-8-19(16)20/h1-9,12-14,16H,10-11H2,(H,21,22)/b17-12+. The van der Waals surface area contributed by atoms with Crippen LogP contribution in [0.2, 0.25) is 0 Å². The number of nitrogens with one attached hydrogen (secondary N) is 1. The molecule has 22 heavy (non-hydrogen) atoms. The molecule has 1 unspecified atom stereocenters. The second kappa shape index (κ2) is 5.64. The van der Waals surface area contributed by atoms with Gasteiger partial charge in [0.15, 0.2) is 0 Å². The third-order valence-corrected chi connectivity index (χ3v) is 4.39. The van der Waals surface area contributed by atoms with Crippen LogP contribution in [0.1, 0.15) is 34.7 Å². The van der Waals surface area contributed by atoms with Crippen LogP contribution in [0.4, 0.5) is 0 Å². The summed E-state index contributed by atoms with van der Waals surface area (Å²) in [5.41, 5.74) is 6.74. The first-order valence-corrected chi connectivity index (χ1v) is 7.72. The van der Waals surface area contributed by atoms with Crippen molar-refractivity contribution in [3.8, 4) is 0 Å². The molecule has 0 aliphatic heterocycles. The maximum atomic E-state index is 4.11. The highest BCUT2D eigenvalue weighted by Crippen LogP contribution is 2.43. The van der Waals surface area contributed by atoms with E-state index in [-0.39, 0.29) is 0 Å². The average Bonchev–Trinajstić information content (AvgIpc) is 3.18. The van der Waals surface area contributed by atoms with Crippen LogP contribution < -0.4 is 0 Å². The zero-order valence-corrected chi connectivity index (χ0v) is 12.4. The van der Waals surface area contributed by atoms with Crippen molar-refractivity contribution in [1.82, 2.24) is 9.97 Å². The van der Waals surface area contributed by atoms with Gasteiger partial charge < -0.3 is 4.98 Å². The van der Waals surface area contributed by atoms with Gasteiger partial charge in [0, 0.05) is 0 Å².